The first-order valence-electron chi connectivity index (χ1n) is 29.6. The summed E-state index contributed by atoms with van der Waals surface area (Å²) in [5.41, 5.74) is 0. The van der Waals surface area contributed by atoms with Crippen molar-refractivity contribution in [3.8, 4) is 0 Å². The Morgan fingerprint density at radius 1 is 0.439 bits per heavy atom. The van der Waals surface area contributed by atoms with Crippen LogP contribution in [0.15, 0.2) is 24.3 Å². The van der Waals surface area contributed by atoms with Crippen LogP contribution in [0, 0.1) is 0 Å². The van der Waals surface area contributed by atoms with Crippen LogP contribution in [0.4, 0.5) is 0 Å². The number of carbonyl (C=O) groups excluding carboxylic acids is 2. The van der Waals surface area contributed by atoms with E-state index in [0.29, 0.717) is 19.3 Å². The molecule has 0 aromatic heterocycles. The zero-order valence-corrected chi connectivity index (χ0v) is 44.6. The molecule has 0 saturated carbocycles. The molecule has 0 aliphatic carbocycles. The monoisotopic (exact) mass is 930 g/mol. The molecule has 3 N–H and O–H groups in total. The summed E-state index contributed by atoms with van der Waals surface area (Å²) in [4.78, 5) is 26.3. The van der Waals surface area contributed by atoms with Crippen molar-refractivity contribution in [3.63, 3.8) is 0 Å². The lowest BCUT2D eigenvalue weighted by atomic mass is 10.0. The molecule has 6 heteroatoms. The molecule has 0 rings (SSSR count). The molecular formula is C60H115NO5. The Morgan fingerprint density at radius 3 is 1.12 bits per heavy atom. The number of hydrogen-bond acceptors (Lipinski definition) is 5. The zero-order chi connectivity index (χ0) is 48.1. The van der Waals surface area contributed by atoms with Gasteiger partial charge in [-0.25, -0.2) is 0 Å². The summed E-state index contributed by atoms with van der Waals surface area (Å²) < 4.78 is 5.95. The lowest BCUT2D eigenvalue weighted by molar-refractivity contribution is -0.151. The molecule has 0 aromatic carbocycles. The van der Waals surface area contributed by atoms with E-state index in [1.807, 2.05) is 0 Å². The van der Waals surface area contributed by atoms with Crippen LogP contribution in [0.25, 0.3) is 0 Å². The molecule has 0 fully saturated rings. The van der Waals surface area contributed by atoms with Gasteiger partial charge in [0.25, 0.3) is 0 Å². The Balaban J connectivity index is 4.52. The van der Waals surface area contributed by atoms with Crippen LogP contribution in [-0.2, 0) is 14.3 Å². The highest BCUT2D eigenvalue weighted by Gasteiger charge is 2.24. The number of aliphatic hydroxyl groups excluding tert-OH is 2. The molecule has 390 valence electrons. The lowest BCUT2D eigenvalue weighted by Gasteiger charge is -2.24. The molecule has 0 aliphatic rings. The molecule has 66 heavy (non-hydrogen) atoms. The molecule has 1 amide bonds. The number of rotatable bonds is 54. The third kappa shape index (κ3) is 48.8. The normalized spacial score (nSPS) is 13.2. The van der Waals surface area contributed by atoms with Gasteiger partial charge in [-0.2, -0.15) is 0 Å². The zero-order valence-electron chi connectivity index (χ0n) is 44.6. The molecule has 6 nitrogen and oxygen atoms in total. The maximum absolute atomic E-state index is 13.3. The fourth-order valence-electron chi connectivity index (χ4n) is 9.31. The topological polar surface area (TPSA) is 95.9 Å². The number of nitrogens with one attached hydrogen (secondary N) is 1. The van der Waals surface area contributed by atoms with Crippen LogP contribution in [0.5, 0.6) is 0 Å². The largest absolute Gasteiger partial charge is 0.462 e. The van der Waals surface area contributed by atoms with Gasteiger partial charge in [0.2, 0.25) is 5.91 Å². The Kier molecular flexibility index (Phi) is 52.9. The van der Waals surface area contributed by atoms with Gasteiger partial charge >= 0.3 is 5.97 Å². The number of unbranched alkanes of at least 4 members (excludes halogenated alkanes) is 39. The van der Waals surface area contributed by atoms with Gasteiger partial charge in [-0.15, -0.1) is 0 Å². The quantitative estimate of drug-likeness (QED) is 0.0321. The average molecular weight is 931 g/mol. The van der Waals surface area contributed by atoms with E-state index in [-0.39, 0.29) is 24.9 Å². The molecule has 0 bridgehead atoms. The van der Waals surface area contributed by atoms with Crippen molar-refractivity contribution in [2.45, 2.75) is 341 Å². The molecule has 0 spiro atoms. The molecule has 3 unspecified atom stereocenters. The minimum atomic E-state index is -0.789. The molecule has 0 aromatic rings. The first kappa shape index (κ1) is 64.3. The highest BCUT2D eigenvalue weighted by atomic mass is 16.5. The standard InChI is InChI=1S/C60H115NO5/c1-4-7-10-13-16-19-22-25-28-30-31-34-37-40-43-46-49-52-58(63)57(55-62)61-59(64)54-56(51-48-45-42-39-36-33-27-24-21-18-15-12-9-6-3)66-60(65)53-50-47-44-41-38-35-32-29-26-23-20-17-14-11-8-5-2/h29,32,35,38,56-58,62-63H,4-28,30-31,33-34,36-37,39-55H2,1-3H3,(H,61,64)/b32-29+,38-35+. The lowest BCUT2D eigenvalue weighted by Crippen LogP contribution is -2.46. The van der Waals surface area contributed by atoms with Gasteiger partial charge in [-0.3, -0.25) is 9.59 Å². The van der Waals surface area contributed by atoms with Crippen LogP contribution >= 0.6 is 0 Å². The van der Waals surface area contributed by atoms with Crippen molar-refractivity contribution in [3.05, 3.63) is 24.3 Å². The van der Waals surface area contributed by atoms with Crippen molar-refractivity contribution < 1.29 is 24.5 Å². The second kappa shape index (κ2) is 54.3. The summed E-state index contributed by atoms with van der Waals surface area (Å²) in [5, 5.41) is 23.9. The summed E-state index contributed by atoms with van der Waals surface area (Å²) >= 11 is 0. The predicted octanol–water partition coefficient (Wildman–Crippen LogP) is 18.2. The van der Waals surface area contributed by atoms with Crippen LogP contribution in [-0.4, -0.2) is 46.9 Å². The van der Waals surface area contributed by atoms with Crippen molar-refractivity contribution in [2.75, 3.05) is 6.61 Å². The molecule has 3 atom stereocenters. The number of allylic oxidation sites excluding steroid dienone is 4. The summed E-state index contributed by atoms with van der Waals surface area (Å²) in [7, 11) is 0. The number of aliphatic hydroxyl groups is 2. The number of esters is 1. The van der Waals surface area contributed by atoms with Gasteiger partial charge in [0, 0.05) is 6.42 Å². The van der Waals surface area contributed by atoms with Crippen molar-refractivity contribution >= 4 is 11.9 Å². The fourth-order valence-corrected chi connectivity index (χ4v) is 9.31. The Hall–Kier alpha value is -1.66. The maximum Gasteiger partial charge on any atom is 0.306 e. The van der Waals surface area contributed by atoms with Crippen LogP contribution in [0.1, 0.15) is 323 Å². The predicted molar refractivity (Wildman–Crippen MR) is 287 cm³/mol. The van der Waals surface area contributed by atoms with Gasteiger partial charge < -0.3 is 20.3 Å². The Labute approximate surface area is 411 Å². The van der Waals surface area contributed by atoms with Crippen LogP contribution in [0.3, 0.4) is 0 Å². The van der Waals surface area contributed by atoms with E-state index in [9.17, 15) is 19.8 Å². The smallest absolute Gasteiger partial charge is 0.306 e. The second-order valence-electron chi connectivity index (χ2n) is 20.4. The highest BCUT2D eigenvalue weighted by molar-refractivity contribution is 5.77. The average Bonchev–Trinajstić information content (AvgIpc) is 3.31. The first-order chi connectivity index (χ1) is 32.5. The number of ether oxygens (including phenoxy) is 1. The number of amides is 1. The minimum Gasteiger partial charge on any atom is -0.462 e. The van der Waals surface area contributed by atoms with Gasteiger partial charge in [0.05, 0.1) is 25.2 Å². The Bertz CT molecular complexity index is 1040. The summed E-state index contributed by atoms with van der Waals surface area (Å²) in [6.07, 6.45) is 63.9. The number of carbonyl (C=O) groups is 2. The molecule has 0 saturated heterocycles. The van der Waals surface area contributed by atoms with E-state index in [1.54, 1.807) is 0 Å². The van der Waals surface area contributed by atoms with Gasteiger partial charge in [-0.05, 0) is 51.4 Å². The summed E-state index contributed by atoms with van der Waals surface area (Å²) in [5.74, 6) is -0.485. The van der Waals surface area contributed by atoms with E-state index in [4.69, 9.17) is 4.74 Å². The Morgan fingerprint density at radius 2 is 0.758 bits per heavy atom. The second-order valence-corrected chi connectivity index (χ2v) is 20.4. The van der Waals surface area contributed by atoms with Crippen LogP contribution in [0.2, 0.25) is 0 Å². The van der Waals surface area contributed by atoms with Crippen molar-refractivity contribution in [1.82, 2.24) is 5.32 Å². The molecular weight excluding hydrogens is 815 g/mol. The van der Waals surface area contributed by atoms with Gasteiger partial charge in [-0.1, -0.05) is 283 Å². The fraction of sp³-hybridized carbons (Fsp3) is 0.900. The molecule has 0 radical (unpaired) electrons. The van der Waals surface area contributed by atoms with E-state index < -0.39 is 18.2 Å². The summed E-state index contributed by atoms with van der Waals surface area (Å²) in [6.45, 7) is 6.52. The SMILES string of the molecule is CCCCCCCCC/C=C/C=C/CCCCCC(=O)OC(CCCCCCCCCCCCCCCC)CC(=O)NC(CO)C(O)CCCCCCCCCCCCCCCCCCC. The third-order valence-corrected chi connectivity index (χ3v) is 13.8. The van der Waals surface area contributed by atoms with Crippen molar-refractivity contribution in [2.24, 2.45) is 0 Å². The van der Waals surface area contributed by atoms with E-state index in [0.717, 1.165) is 57.8 Å². The molecule has 0 aliphatic heterocycles. The number of hydrogen-bond donors (Lipinski definition) is 3. The third-order valence-electron chi connectivity index (χ3n) is 13.8. The highest BCUT2D eigenvalue weighted by Crippen LogP contribution is 2.19. The van der Waals surface area contributed by atoms with Gasteiger partial charge in [0.1, 0.15) is 6.10 Å². The first-order valence-corrected chi connectivity index (χ1v) is 29.6. The van der Waals surface area contributed by atoms with E-state index >= 15 is 0 Å². The van der Waals surface area contributed by atoms with Gasteiger partial charge in [0.15, 0.2) is 0 Å². The van der Waals surface area contributed by atoms with Crippen LogP contribution < -0.4 is 5.32 Å². The van der Waals surface area contributed by atoms with E-state index in [1.165, 1.54) is 218 Å². The maximum atomic E-state index is 13.3. The van der Waals surface area contributed by atoms with E-state index in [2.05, 4.69) is 50.4 Å². The summed E-state index contributed by atoms with van der Waals surface area (Å²) in [6, 6.07) is -0.703. The van der Waals surface area contributed by atoms with Crippen molar-refractivity contribution in [1.29, 1.82) is 0 Å². The minimum absolute atomic E-state index is 0.0732. The molecule has 0 heterocycles.